The predicted octanol–water partition coefficient (Wildman–Crippen LogP) is 2.40. The molecule has 0 unspecified atom stereocenters. The molecule has 0 bridgehead atoms. The van der Waals surface area contributed by atoms with Crippen LogP contribution in [0.25, 0.3) is 0 Å². The number of ether oxygens (including phenoxy) is 3. The van der Waals surface area contributed by atoms with Crippen LogP contribution in [0, 0.1) is 0 Å². The second kappa shape index (κ2) is 6.29. The van der Waals surface area contributed by atoms with Crippen molar-refractivity contribution in [1.82, 2.24) is 10.2 Å². The van der Waals surface area contributed by atoms with Crippen molar-refractivity contribution >= 4 is 11.6 Å². The minimum absolute atomic E-state index is 0.132. The highest BCUT2D eigenvalue weighted by atomic mass is 35.5. The highest BCUT2D eigenvalue weighted by molar-refractivity contribution is 6.16. The van der Waals surface area contributed by atoms with Crippen molar-refractivity contribution in [1.29, 1.82) is 0 Å². The van der Waals surface area contributed by atoms with Crippen LogP contribution < -0.4 is 14.2 Å². The second-order valence-electron chi connectivity index (χ2n) is 3.50. The lowest BCUT2D eigenvalue weighted by molar-refractivity contribution is 0.243. The van der Waals surface area contributed by atoms with Crippen LogP contribution in [0.2, 0.25) is 0 Å². The number of nitrogens with zero attached hydrogens (tertiary/aromatic N) is 2. The molecule has 0 N–H and O–H groups in total. The van der Waals surface area contributed by atoms with Crippen molar-refractivity contribution in [2.24, 2.45) is 0 Å². The van der Waals surface area contributed by atoms with E-state index in [1.807, 2.05) is 0 Å². The molecule has 0 saturated carbocycles. The topological polar surface area (TPSA) is 66.6 Å². The van der Waals surface area contributed by atoms with Crippen molar-refractivity contribution in [3.63, 3.8) is 0 Å². The fraction of sp³-hybridized carbons (Fsp3) is 0.333. The lowest BCUT2D eigenvalue weighted by Crippen LogP contribution is -1.99. The van der Waals surface area contributed by atoms with E-state index in [0.717, 1.165) is 0 Å². The van der Waals surface area contributed by atoms with Crippen molar-refractivity contribution in [3.05, 3.63) is 30.0 Å². The fourth-order valence-corrected chi connectivity index (χ4v) is 1.62. The Morgan fingerprint density at radius 2 is 1.84 bits per heavy atom. The van der Waals surface area contributed by atoms with Crippen LogP contribution in [0.3, 0.4) is 0 Å². The zero-order chi connectivity index (χ0) is 13.7. The Labute approximate surface area is 115 Å². The molecule has 19 heavy (non-hydrogen) atoms. The Bertz CT molecular complexity index is 544. The van der Waals surface area contributed by atoms with Gasteiger partial charge in [0.2, 0.25) is 11.6 Å². The van der Waals surface area contributed by atoms with Crippen LogP contribution in [0.15, 0.2) is 22.6 Å². The quantitative estimate of drug-likeness (QED) is 0.759. The lowest BCUT2D eigenvalue weighted by atomic mass is 10.3. The van der Waals surface area contributed by atoms with Gasteiger partial charge in [-0.15, -0.1) is 21.8 Å². The first-order valence-electron chi connectivity index (χ1n) is 5.49. The average Bonchev–Trinajstić information content (AvgIpc) is 2.92. The third kappa shape index (κ3) is 3.08. The Kier molecular flexibility index (Phi) is 4.46. The number of para-hydroxylation sites is 1. The van der Waals surface area contributed by atoms with Crippen LogP contribution in [-0.2, 0) is 12.5 Å². The second-order valence-corrected chi connectivity index (χ2v) is 3.77. The SMILES string of the molecule is COc1cccc(OCc2nnc(CCl)o2)c1OC. The molecular weight excluding hydrogens is 272 g/mol. The average molecular weight is 285 g/mol. The summed E-state index contributed by atoms with van der Waals surface area (Å²) in [6, 6.07) is 5.35. The van der Waals surface area contributed by atoms with Crippen molar-refractivity contribution in [2.45, 2.75) is 12.5 Å². The molecule has 0 amide bonds. The van der Waals surface area contributed by atoms with E-state index in [0.29, 0.717) is 29.0 Å². The molecule has 1 heterocycles. The Hall–Kier alpha value is -1.95. The third-order valence-corrected chi connectivity index (χ3v) is 2.57. The molecule has 0 fully saturated rings. The largest absolute Gasteiger partial charge is 0.493 e. The number of rotatable bonds is 6. The van der Waals surface area contributed by atoms with Crippen LogP contribution in [-0.4, -0.2) is 24.4 Å². The van der Waals surface area contributed by atoms with Gasteiger partial charge in [0.1, 0.15) is 5.88 Å². The number of methoxy groups -OCH3 is 2. The van der Waals surface area contributed by atoms with E-state index in [1.54, 1.807) is 32.4 Å². The zero-order valence-corrected chi connectivity index (χ0v) is 11.3. The molecule has 0 radical (unpaired) electrons. The minimum Gasteiger partial charge on any atom is -0.493 e. The molecule has 2 rings (SSSR count). The number of alkyl halides is 1. The van der Waals surface area contributed by atoms with Crippen LogP contribution >= 0.6 is 11.6 Å². The van der Waals surface area contributed by atoms with Gasteiger partial charge in [0, 0.05) is 0 Å². The van der Waals surface area contributed by atoms with Gasteiger partial charge in [-0.3, -0.25) is 0 Å². The van der Waals surface area contributed by atoms with E-state index in [1.165, 1.54) is 0 Å². The molecule has 1 aromatic heterocycles. The van der Waals surface area contributed by atoms with E-state index in [-0.39, 0.29) is 12.5 Å². The van der Waals surface area contributed by atoms with E-state index >= 15 is 0 Å². The maximum Gasteiger partial charge on any atom is 0.253 e. The normalized spacial score (nSPS) is 10.3. The summed E-state index contributed by atoms with van der Waals surface area (Å²) < 4.78 is 21.2. The maximum absolute atomic E-state index is 5.57. The van der Waals surface area contributed by atoms with E-state index in [9.17, 15) is 0 Å². The number of aromatic nitrogens is 2. The first kappa shape index (κ1) is 13.5. The van der Waals surface area contributed by atoms with Crippen LogP contribution in [0.5, 0.6) is 17.2 Å². The summed E-state index contributed by atoms with van der Waals surface area (Å²) in [4.78, 5) is 0. The molecule has 6 nitrogen and oxygen atoms in total. The highest BCUT2D eigenvalue weighted by Crippen LogP contribution is 2.36. The van der Waals surface area contributed by atoms with Crippen LogP contribution in [0.1, 0.15) is 11.8 Å². The molecular formula is C12H13ClN2O4. The molecule has 0 spiro atoms. The summed E-state index contributed by atoms with van der Waals surface area (Å²) >= 11 is 5.57. The minimum atomic E-state index is 0.132. The van der Waals surface area contributed by atoms with E-state index < -0.39 is 0 Å². The van der Waals surface area contributed by atoms with Gasteiger partial charge in [0.15, 0.2) is 18.1 Å². The first-order chi connectivity index (χ1) is 9.28. The number of hydrogen-bond acceptors (Lipinski definition) is 6. The molecule has 1 aromatic carbocycles. The first-order valence-corrected chi connectivity index (χ1v) is 6.03. The lowest BCUT2D eigenvalue weighted by Gasteiger charge is -2.12. The van der Waals surface area contributed by atoms with Gasteiger partial charge in [-0.25, -0.2) is 0 Å². The van der Waals surface area contributed by atoms with Crippen molar-refractivity contribution in [2.75, 3.05) is 14.2 Å². The molecule has 7 heteroatoms. The predicted molar refractivity (Wildman–Crippen MR) is 67.7 cm³/mol. The Morgan fingerprint density at radius 3 is 2.47 bits per heavy atom. The number of hydrogen-bond donors (Lipinski definition) is 0. The monoisotopic (exact) mass is 284 g/mol. The number of benzene rings is 1. The highest BCUT2D eigenvalue weighted by Gasteiger charge is 2.12. The van der Waals surface area contributed by atoms with E-state index in [4.69, 9.17) is 30.2 Å². The van der Waals surface area contributed by atoms with Gasteiger partial charge in [0.25, 0.3) is 5.89 Å². The maximum atomic E-state index is 5.57. The zero-order valence-electron chi connectivity index (χ0n) is 10.6. The summed E-state index contributed by atoms with van der Waals surface area (Å²) in [6.07, 6.45) is 0. The van der Waals surface area contributed by atoms with Gasteiger partial charge < -0.3 is 18.6 Å². The molecule has 0 aliphatic carbocycles. The molecule has 0 aliphatic rings. The smallest absolute Gasteiger partial charge is 0.253 e. The molecule has 0 atom stereocenters. The molecule has 0 saturated heterocycles. The molecule has 2 aromatic rings. The summed E-state index contributed by atoms with van der Waals surface area (Å²) in [6.45, 7) is 0.132. The summed E-state index contributed by atoms with van der Waals surface area (Å²) in [5.74, 6) is 2.52. The summed E-state index contributed by atoms with van der Waals surface area (Å²) in [7, 11) is 3.11. The molecule has 102 valence electrons. The standard InChI is InChI=1S/C12H13ClN2O4/c1-16-8-4-3-5-9(12(8)17-2)18-7-11-15-14-10(6-13)19-11/h3-5H,6-7H2,1-2H3. The van der Waals surface area contributed by atoms with Gasteiger partial charge in [0.05, 0.1) is 14.2 Å². The van der Waals surface area contributed by atoms with Gasteiger partial charge in [-0.2, -0.15) is 0 Å². The van der Waals surface area contributed by atoms with Gasteiger partial charge in [-0.1, -0.05) is 6.07 Å². The van der Waals surface area contributed by atoms with Crippen molar-refractivity contribution in [3.8, 4) is 17.2 Å². The van der Waals surface area contributed by atoms with E-state index in [2.05, 4.69) is 10.2 Å². The third-order valence-electron chi connectivity index (χ3n) is 2.34. The van der Waals surface area contributed by atoms with Crippen LogP contribution in [0.4, 0.5) is 0 Å². The molecule has 0 aliphatic heterocycles. The number of halogens is 1. The van der Waals surface area contributed by atoms with Gasteiger partial charge in [-0.05, 0) is 12.1 Å². The van der Waals surface area contributed by atoms with Crippen molar-refractivity contribution < 1.29 is 18.6 Å². The summed E-state index contributed by atoms with van der Waals surface area (Å²) in [5.41, 5.74) is 0. The summed E-state index contributed by atoms with van der Waals surface area (Å²) in [5, 5.41) is 7.54. The fourth-order valence-electron chi connectivity index (χ4n) is 1.51. The Morgan fingerprint density at radius 1 is 1.11 bits per heavy atom. The Balaban J connectivity index is 2.10. The van der Waals surface area contributed by atoms with Gasteiger partial charge >= 0.3 is 0 Å².